The number of carbonyl (C=O) groups excluding carboxylic acids is 1. The number of rotatable bonds is 5. The smallest absolute Gasteiger partial charge is 0.161 e. The summed E-state index contributed by atoms with van der Waals surface area (Å²) < 4.78 is 11.3. The fraction of sp³-hybridized carbons (Fsp3) is 0.923. The lowest BCUT2D eigenvalue weighted by Crippen LogP contribution is -2.42. The van der Waals surface area contributed by atoms with Crippen molar-refractivity contribution < 1.29 is 14.3 Å². The Labute approximate surface area is 108 Å². The Morgan fingerprint density at radius 3 is 3.18 bits per heavy atom. The number of carbonyl (C=O) groups is 1. The molecule has 2 aliphatic heterocycles. The molecule has 0 N–H and O–H groups in total. The molecule has 2 saturated heterocycles. The number of Topliss-reactive ketones (excluding diaryl/α,β-unsaturated/α-hetero) is 1. The molecule has 0 saturated carbocycles. The SMILES string of the molecule is CCCOCC(=O)C1CCOC2(CCSC2)C1. The molecule has 0 aromatic heterocycles. The minimum absolute atomic E-state index is 0.00794. The van der Waals surface area contributed by atoms with Crippen LogP contribution in [0.1, 0.15) is 32.6 Å². The molecule has 2 fully saturated rings. The third-order valence-electron chi connectivity index (χ3n) is 3.61. The molecule has 2 rings (SSSR count). The van der Waals surface area contributed by atoms with E-state index in [2.05, 4.69) is 6.92 Å². The summed E-state index contributed by atoms with van der Waals surface area (Å²) in [5.74, 6) is 2.68. The lowest BCUT2D eigenvalue weighted by atomic mass is 9.83. The van der Waals surface area contributed by atoms with E-state index < -0.39 is 0 Å². The molecular formula is C13H22O3S. The molecule has 98 valence electrons. The van der Waals surface area contributed by atoms with Gasteiger partial charge in [-0.2, -0.15) is 11.8 Å². The van der Waals surface area contributed by atoms with E-state index in [-0.39, 0.29) is 17.3 Å². The predicted molar refractivity (Wildman–Crippen MR) is 69.5 cm³/mol. The number of hydrogen-bond acceptors (Lipinski definition) is 4. The molecule has 0 bridgehead atoms. The monoisotopic (exact) mass is 258 g/mol. The van der Waals surface area contributed by atoms with Gasteiger partial charge < -0.3 is 9.47 Å². The second-order valence-electron chi connectivity index (χ2n) is 5.04. The molecule has 2 aliphatic rings. The first-order valence-electron chi connectivity index (χ1n) is 6.58. The van der Waals surface area contributed by atoms with E-state index in [9.17, 15) is 4.79 Å². The van der Waals surface area contributed by atoms with E-state index in [1.54, 1.807) is 0 Å². The summed E-state index contributed by atoms with van der Waals surface area (Å²) in [6.07, 6.45) is 3.87. The van der Waals surface area contributed by atoms with Crippen LogP contribution >= 0.6 is 11.8 Å². The van der Waals surface area contributed by atoms with Crippen LogP contribution in [0.2, 0.25) is 0 Å². The highest BCUT2D eigenvalue weighted by atomic mass is 32.2. The Kier molecular flexibility index (Phi) is 4.88. The van der Waals surface area contributed by atoms with Gasteiger partial charge in [-0.3, -0.25) is 4.79 Å². The standard InChI is InChI=1S/C13H22O3S/c1-2-5-15-9-12(14)11-3-6-16-13(8-11)4-7-17-10-13/h11H,2-10H2,1H3. The molecule has 0 aliphatic carbocycles. The first-order chi connectivity index (χ1) is 8.26. The first-order valence-corrected chi connectivity index (χ1v) is 7.73. The van der Waals surface area contributed by atoms with Crippen molar-refractivity contribution in [3.05, 3.63) is 0 Å². The van der Waals surface area contributed by atoms with Gasteiger partial charge in [-0.25, -0.2) is 0 Å². The second-order valence-corrected chi connectivity index (χ2v) is 6.15. The maximum atomic E-state index is 12.0. The van der Waals surface area contributed by atoms with E-state index in [0.717, 1.165) is 38.0 Å². The average Bonchev–Trinajstić information content (AvgIpc) is 2.77. The van der Waals surface area contributed by atoms with Crippen LogP contribution in [0.5, 0.6) is 0 Å². The molecule has 0 radical (unpaired) electrons. The molecule has 2 unspecified atom stereocenters. The molecule has 2 heterocycles. The molecule has 2 atom stereocenters. The van der Waals surface area contributed by atoms with Crippen LogP contribution in [0, 0.1) is 5.92 Å². The summed E-state index contributed by atoms with van der Waals surface area (Å²) in [4.78, 5) is 12.0. The maximum absolute atomic E-state index is 12.0. The van der Waals surface area contributed by atoms with Crippen LogP contribution in [0.4, 0.5) is 0 Å². The average molecular weight is 258 g/mol. The number of thioether (sulfide) groups is 1. The predicted octanol–water partition coefficient (Wildman–Crippen LogP) is 2.28. The second kappa shape index (κ2) is 6.21. The highest BCUT2D eigenvalue weighted by molar-refractivity contribution is 7.99. The number of hydrogen-bond donors (Lipinski definition) is 0. The number of ether oxygens (including phenoxy) is 2. The van der Waals surface area contributed by atoms with Crippen molar-refractivity contribution in [3.63, 3.8) is 0 Å². The van der Waals surface area contributed by atoms with Crippen molar-refractivity contribution in [2.45, 2.75) is 38.2 Å². The van der Waals surface area contributed by atoms with Crippen molar-refractivity contribution in [2.24, 2.45) is 5.92 Å². The molecule has 3 nitrogen and oxygen atoms in total. The summed E-state index contributed by atoms with van der Waals surface area (Å²) >= 11 is 1.95. The van der Waals surface area contributed by atoms with E-state index in [4.69, 9.17) is 9.47 Å². The van der Waals surface area contributed by atoms with Crippen LogP contribution in [0.3, 0.4) is 0 Å². The quantitative estimate of drug-likeness (QED) is 0.709. The van der Waals surface area contributed by atoms with Gasteiger partial charge in [-0.15, -0.1) is 0 Å². The van der Waals surface area contributed by atoms with Crippen LogP contribution in [0.25, 0.3) is 0 Å². The molecule has 0 aromatic carbocycles. The third-order valence-corrected chi connectivity index (χ3v) is 4.83. The van der Waals surface area contributed by atoms with Crippen LogP contribution in [-0.2, 0) is 14.3 Å². The van der Waals surface area contributed by atoms with Gasteiger partial charge in [0.25, 0.3) is 0 Å². The molecule has 17 heavy (non-hydrogen) atoms. The van der Waals surface area contributed by atoms with Gasteiger partial charge in [0.2, 0.25) is 0 Å². The minimum Gasteiger partial charge on any atom is -0.374 e. The Hall–Kier alpha value is -0.0600. The van der Waals surface area contributed by atoms with Crippen molar-refractivity contribution in [1.29, 1.82) is 0 Å². The maximum Gasteiger partial charge on any atom is 0.161 e. The Morgan fingerprint density at radius 1 is 1.59 bits per heavy atom. The lowest BCUT2D eigenvalue weighted by molar-refractivity contribution is -0.138. The molecule has 1 spiro atoms. The van der Waals surface area contributed by atoms with Crippen molar-refractivity contribution >= 4 is 17.5 Å². The highest BCUT2D eigenvalue weighted by Crippen LogP contribution is 2.40. The molecular weight excluding hydrogens is 236 g/mol. The van der Waals surface area contributed by atoms with Gasteiger partial charge in [-0.05, 0) is 31.4 Å². The van der Waals surface area contributed by atoms with Crippen molar-refractivity contribution in [3.8, 4) is 0 Å². The topological polar surface area (TPSA) is 35.5 Å². The summed E-state index contributed by atoms with van der Waals surface area (Å²) in [5, 5.41) is 0. The fourth-order valence-electron chi connectivity index (χ4n) is 2.60. The fourth-order valence-corrected chi connectivity index (χ4v) is 3.98. The van der Waals surface area contributed by atoms with E-state index >= 15 is 0 Å². The van der Waals surface area contributed by atoms with Crippen LogP contribution < -0.4 is 0 Å². The summed E-state index contributed by atoms with van der Waals surface area (Å²) in [5.41, 5.74) is 0.00794. The lowest BCUT2D eigenvalue weighted by Gasteiger charge is -2.37. The summed E-state index contributed by atoms with van der Waals surface area (Å²) in [6.45, 7) is 3.78. The number of ketones is 1. The van der Waals surface area contributed by atoms with Crippen LogP contribution in [-0.4, -0.2) is 42.7 Å². The zero-order valence-electron chi connectivity index (χ0n) is 10.6. The Bertz CT molecular complexity index is 261. The van der Waals surface area contributed by atoms with Gasteiger partial charge >= 0.3 is 0 Å². The minimum atomic E-state index is 0.00794. The normalized spacial score (nSPS) is 33.1. The largest absolute Gasteiger partial charge is 0.374 e. The zero-order chi connectivity index (χ0) is 12.1. The van der Waals surface area contributed by atoms with Crippen LogP contribution in [0.15, 0.2) is 0 Å². The first kappa shape index (κ1) is 13.4. The molecule has 0 aromatic rings. The molecule has 4 heteroatoms. The Morgan fingerprint density at radius 2 is 2.47 bits per heavy atom. The summed E-state index contributed by atoms with van der Waals surface area (Å²) in [7, 11) is 0. The Balaban J connectivity index is 1.82. The van der Waals surface area contributed by atoms with Gasteiger partial charge in [-0.1, -0.05) is 6.92 Å². The van der Waals surface area contributed by atoms with E-state index in [0.29, 0.717) is 13.2 Å². The zero-order valence-corrected chi connectivity index (χ0v) is 11.4. The summed E-state index contributed by atoms with van der Waals surface area (Å²) in [6, 6.07) is 0. The highest BCUT2D eigenvalue weighted by Gasteiger charge is 2.42. The van der Waals surface area contributed by atoms with Gasteiger partial charge in [0.05, 0.1) is 5.60 Å². The van der Waals surface area contributed by atoms with Gasteiger partial charge in [0.1, 0.15) is 6.61 Å². The van der Waals surface area contributed by atoms with Crippen molar-refractivity contribution in [1.82, 2.24) is 0 Å². The van der Waals surface area contributed by atoms with Gasteiger partial charge in [0, 0.05) is 24.9 Å². The van der Waals surface area contributed by atoms with Crippen molar-refractivity contribution in [2.75, 3.05) is 31.3 Å². The van der Waals surface area contributed by atoms with E-state index in [1.807, 2.05) is 11.8 Å². The van der Waals surface area contributed by atoms with Gasteiger partial charge in [0.15, 0.2) is 5.78 Å². The molecule has 0 amide bonds. The third kappa shape index (κ3) is 3.46. The van der Waals surface area contributed by atoms with E-state index in [1.165, 1.54) is 5.75 Å².